The van der Waals surface area contributed by atoms with Crippen LogP contribution in [-0.2, 0) is 9.59 Å². The lowest BCUT2D eigenvalue weighted by Crippen LogP contribution is -2.34. The van der Waals surface area contributed by atoms with E-state index >= 15 is 0 Å². The molecule has 6 heteroatoms. The Morgan fingerprint density at radius 3 is 2.21 bits per heavy atom. The van der Waals surface area contributed by atoms with Crippen LogP contribution in [0.25, 0.3) is 0 Å². The molecule has 0 aromatic rings. The summed E-state index contributed by atoms with van der Waals surface area (Å²) in [6.45, 7) is 0. The first-order chi connectivity index (χ1) is 6.49. The Morgan fingerprint density at radius 1 is 1.29 bits per heavy atom. The maximum absolute atomic E-state index is 10.7. The largest absolute Gasteiger partial charge is 0.481 e. The van der Waals surface area contributed by atoms with Crippen molar-refractivity contribution in [3.05, 3.63) is 0 Å². The zero-order valence-corrected chi connectivity index (χ0v) is 8.41. The quantitative estimate of drug-likeness (QED) is 0.546. The highest BCUT2D eigenvalue weighted by molar-refractivity contribution is 6.17. The maximum Gasteiger partial charge on any atom is 0.320 e. The third-order valence-electron chi connectivity index (χ3n) is 1.89. The van der Waals surface area contributed by atoms with Gasteiger partial charge in [-0.25, -0.2) is 0 Å². The molecule has 0 amide bonds. The van der Waals surface area contributed by atoms with Crippen molar-refractivity contribution in [1.29, 1.82) is 0 Å². The highest BCUT2D eigenvalue weighted by Gasteiger charge is 2.23. The molecule has 0 bridgehead atoms. The van der Waals surface area contributed by atoms with Gasteiger partial charge >= 0.3 is 11.9 Å². The van der Waals surface area contributed by atoms with E-state index in [9.17, 15) is 9.59 Å². The van der Waals surface area contributed by atoms with Crippen LogP contribution in [0.3, 0.4) is 0 Å². The monoisotopic (exact) mass is 223 g/mol. The van der Waals surface area contributed by atoms with Crippen LogP contribution in [0, 0.1) is 5.92 Å². The van der Waals surface area contributed by atoms with Crippen LogP contribution in [0.2, 0.25) is 0 Å². The predicted octanol–water partition coefficient (Wildman–Crippen LogP) is 0.508. The van der Waals surface area contributed by atoms with Gasteiger partial charge in [0.25, 0.3) is 0 Å². The minimum Gasteiger partial charge on any atom is -0.481 e. The summed E-state index contributed by atoms with van der Waals surface area (Å²) in [4.78, 5) is 21.1. The van der Waals surface area contributed by atoms with Gasteiger partial charge < -0.3 is 15.9 Å². The SMILES string of the molecule is N[C@@H](CC(CCCCl)C(=O)O)C(=O)O. The molecular weight excluding hydrogens is 210 g/mol. The van der Waals surface area contributed by atoms with Crippen LogP contribution in [0.15, 0.2) is 0 Å². The molecule has 0 spiro atoms. The van der Waals surface area contributed by atoms with Crippen molar-refractivity contribution in [1.82, 2.24) is 0 Å². The molecule has 82 valence electrons. The zero-order chi connectivity index (χ0) is 11.1. The Labute approximate surface area is 86.8 Å². The number of hydrogen-bond acceptors (Lipinski definition) is 3. The van der Waals surface area contributed by atoms with E-state index in [0.29, 0.717) is 18.7 Å². The van der Waals surface area contributed by atoms with E-state index in [1.165, 1.54) is 0 Å². The summed E-state index contributed by atoms with van der Waals surface area (Å²) >= 11 is 5.41. The van der Waals surface area contributed by atoms with Crippen LogP contribution in [-0.4, -0.2) is 34.1 Å². The number of carboxylic acids is 2. The molecule has 0 rings (SSSR count). The molecule has 0 radical (unpaired) electrons. The van der Waals surface area contributed by atoms with Gasteiger partial charge in [0.15, 0.2) is 0 Å². The summed E-state index contributed by atoms with van der Waals surface area (Å²) in [5.74, 6) is -2.56. The van der Waals surface area contributed by atoms with E-state index in [1.807, 2.05) is 0 Å². The summed E-state index contributed by atoms with van der Waals surface area (Å²) in [6.07, 6.45) is 0.853. The Bertz CT molecular complexity index is 210. The molecule has 0 saturated carbocycles. The van der Waals surface area contributed by atoms with E-state index in [0.717, 1.165) is 0 Å². The first-order valence-corrected chi connectivity index (χ1v) is 4.79. The molecule has 0 saturated heterocycles. The molecule has 0 aliphatic rings. The number of aliphatic carboxylic acids is 2. The van der Waals surface area contributed by atoms with Crippen molar-refractivity contribution in [2.45, 2.75) is 25.3 Å². The molecule has 4 N–H and O–H groups in total. The van der Waals surface area contributed by atoms with Crippen molar-refractivity contribution in [3.63, 3.8) is 0 Å². The van der Waals surface area contributed by atoms with Crippen LogP contribution in [0.1, 0.15) is 19.3 Å². The maximum atomic E-state index is 10.7. The minimum atomic E-state index is -1.18. The van der Waals surface area contributed by atoms with Crippen LogP contribution in [0.5, 0.6) is 0 Å². The number of rotatable bonds is 7. The number of alkyl halides is 1. The van der Waals surface area contributed by atoms with Crippen molar-refractivity contribution >= 4 is 23.5 Å². The second kappa shape index (κ2) is 6.62. The Hall–Kier alpha value is -0.810. The van der Waals surface area contributed by atoms with E-state index in [1.54, 1.807) is 0 Å². The van der Waals surface area contributed by atoms with E-state index in [2.05, 4.69) is 0 Å². The average molecular weight is 224 g/mol. The summed E-state index contributed by atoms with van der Waals surface area (Å²) in [7, 11) is 0. The van der Waals surface area contributed by atoms with E-state index in [-0.39, 0.29) is 6.42 Å². The molecule has 0 aromatic carbocycles. The third kappa shape index (κ3) is 5.04. The predicted molar refractivity (Wildman–Crippen MR) is 51.3 cm³/mol. The second-order valence-corrected chi connectivity index (χ2v) is 3.42. The standard InChI is InChI=1S/C8H14ClNO4/c9-3-1-2-5(7(11)12)4-6(10)8(13)14/h5-6H,1-4,10H2,(H,11,12)(H,13,14)/t5?,6-/m0/s1. The first-order valence-electron chi connectivity index (χ1n) is 4.26. The van der Waals surface area contributed by atoms with Crippen LogP contribution < -0.4 is 5.73 Å². The lowest BCUT2D eigenvalue weighted by atomic mass is 9.96. The number of carboxylic acid groups (broad SMARTS) is 2. The summed E-state index contributed by atoms with van der Waals surface area (Å²) in [5.41, 5.74) is 5.23. The molecule has 1 unspecified atom stereocenters. The second-order valence-electron chi connectivity index (χ2n) is 3.05. The van der Waals surface area contributed by atoms with Gasteiger partial charge in [-0.05, 0) is 19.3 Å². The number of nitrogens with two attached hydrogens (primary N) is 1. The number of hydrogen-bond donors (Lipinski definition) is 3. The average Bonchev–Trinajstić information content (AvgIpc) is 2.10. The van der Waals surface area contributed by atoms with Crippen molar-refractivity contribution in [2.75, 3.05) is 5.88 Å². The van der Waals surface area contributed by atoms with Gasteiger partial charge in [-0.3, -0.25) is 9.59 Å². The molecule has 5 nitrogen and oxygen atoms in total. The normalized spacial score (nSPS) is 14.7. The molecule has 0 aromatic heterocycles. The van der Waals surface area contributed by atoms with Gasteiger partial charge in [0.05, 0.1) is 5.92 Å². The minimum absolute atomic E-state index is 0.0540. The molecule has 0 heterocycles. The highest BCUT2D eigenvalue weighted by Crippen LogP contribution is 2.14. The molecule has 14 heavy (non-hydrogen) atoms. The van der Waals surface area contributed by atoms with Gasteiger partial charge in [0, 0.05) is 5.88 Å². The summed E-state index contributed by atoms with van der Waals surface area (Å²) < 4.78 is 0. The van der Waals surface area contributed by atoms with Gasteiger partial charge in [0.2, 0.25) is 0 Å². The lowest BCUT2D eigenvalue weighted by Gasteiger charge is -2.13. The molecule has 0 aliphatic heterocycles. The van der Waals surface area contributed by atoms with E-state index in [4.69, 9.17) is 27.5 Å². The highest BCUT2D eigenvalue weighted by atomic mass is 35.5. The lowest BCUT2D eigenvalue weighted by molar-refractivity contribution is -0.143. The fourth-order valence-corrected chi connectivity index (χ4v) is 1.23. The van der Waals surface area contributed by atoms with Gasteiger partial charge in [-0.15, -0.1) is 11.6 Å². The third-order valence-corrected chi connectivity index (χ3v) is 2.16. The number of halogens is 1. The molecular formula is C8H14ClNO4. The van der Waals surface area contributed by atoms with E-state index < -0.39 is 23.9 Å². The number of carbonyl (C=O) groups is 2. The van der Waals surface area contributed by atoms with Gasteiger partial charge in [-0.1, -0.05) is 0 Å². The topological polar surface area (TPSA) is 101 Å². The van der Waals surface area contributed by atoms with Crippen LogP contribution >= 0.6 is 11.6 Å². The van der Waals surface area contributed by atoms with Crippen molar-refractivity contribution < 1.29 is 19.8 Å². The fourth-order valence-electron chi connectivity index (χ4n) is 1.07. The van der Waals surface area contributed by atoms with Gasteiger partial charge in [-0.2, -0.15) is 0 Å². The zero-order valence-electron chi connectivity index (χ0n) is 7.65. The molecule has 0 aliphatic carbocycles. The van der Waals surface area contributed by atoms with Crippen LogP contribution in [0.4, 0.5) is 0 Å². The first kappa shape index (κ1) is 13.2. The fraction of sp³-hybridized carbons (Fsp3) is 0.750. The Kier molecular flexibility index (Phi) is 6.23. The Balaban J connectivity index is 4.08. The summed E-state index contributed by atoms with van der Waals surface area (Å²) in [6, 6.07) is -1.12. The van der Waals surface area contributed by atoms with Gasteiger partial charge in [0.1, 0.15) is 6.04 Å². The van der Waals surface area contributed by atoms with Crippen molar-refractivity contribution in [2.24, 2.45) is 11.7 Å². The molecule has 2 atom stereocenters. The molecule has 0 fully saturated rings. The van der Waals surface area contributed by atoms with Crippen molar-refractivity contribution in [3.8, 4) is 0 Å². The Morgan fingerprint density at radius 2 is 1.86 bits per heavy atom. The summed E-state index contributed by atoms with van der Waals surface area (Å²) in [5, 5.41) is 17.2. The smallest absolute Gasteiger partial charge is 0.320 e.